The number of amides is 1. The Morgan fingerprint density at radius 1 is 1.10 bits per heavy atom. The molecule has 30 heavy (non-hydrogen) atoms. The van der Waals surface area contributed by atoms with Gasteiger partial charge in [-0.15, -0.1) is 0 Å². The lowest BCUT2D eigenvalue weighted by molar-refractivity contribution is -0.173. The zero-order valence-electron chi connectivity index (χ0n) is 15.3. The van der Waals surface area contributed by atoms with Crippen molar-refractivity contribution in [3.8, 4) is 0 Å². The van der Waals surface area contributed by atoms with E-state index in [4.69, 9.17) is 23.2 Å². The van der Waals surface area contributed by atoms with E-state index in [0.29, 0.717) is 10.7 Å². The molecule has 0 bridgehead atoms. The fraction of sp³-hybridized carbons (Fsp3) is 0.200. The van der Waals surface area contributed by atoms with Crippen LogP contribution in [0.15, 0.2) is 54.6 Å². The number of fused-ring (bicyclic) bond motifs is 1. The van der Waals surface area contributed by atoms with Crippen LogP contribution in [0.2, 0.25) is 10.0 Å². The predicted molar refractivity (Wildman–Crippen MR) is 109 cm³/mol. The number of benzene rings is 2. The Bertz CT molecular complexity index is 1090. The normalized spacial score (nSPS) is 18.4. The van der Waals surface area contributed by atoms with E-state index >= 15 is 0 Å². The summed E-state index contributed by atoms with van der Waals surface area (Å²) >= 11 is 11.8. The summed E-state index contributed by atoms with van der Waals surface area (Å²) in [6.07, 6.45) is -4.76. The Labute approximate surface area is 179 Å². The number of nitrogens with zero attached hydrogens (tertiary/aromatic N) is 2. The topological polar surface area (TPSA) is 59.0 Å². The fourth-order valence-electron chi connectivity index (χ4n) is 3.36. The van der Waals surface area contributed by atoms with Gasteiger partial charge in [-0.2, -0.15) is 18.3 Å². The van der Waals surface area contributed by atoms with Gasteiger partial charge in [-0.25, -0.2) is 4.68 Å². The molecular weight excluding hydrogens is 440 g/mol. The largest absolute Gasteiger partial charge is 0.410 e. The van der Waals surface area contributed by atoms with E-state index in [1.165, 1.54) is 24.3 Å². The predicted octanol–water partition coefficient (Wildman–Crippen LogP) is 6.10. The number of aromatic nitrogens is 2. The number of carbonyl (C=O) groups is 1. The van der Waals surface area contributed by atoms with Gasteiger partial charge < -0.3 is 10.6 Å². The molecule has 1 aliphatic rings. The summed E-state index contributed by atoms with van der Waals surface area (Å²) in [6.45, 7) is 0. The third-order valence-electron chi connectivity index (χ3n) is 4.80. The number of hydrogen-bond acceptors (Lipinski definition) is 3. The molecule has 10 heteroatoms. The second kappa shape index (κ2) is 7.85. The lowest BCUT2D eigenvalue weighted by Gasteiger charge is -2.33. The first kappa shape index (κ1) is 20.6. The van der Waals surface area contributed by atoms with Gasteiger partial charge in [0.2, 0.25) is 0 Å². The fourth-order valence-corrected chi connectivity index (χ4v) is 3.66. The molecular formula is C20H15Cl2F3N4O. The smallest absolute Gasteiger partial charge is 0.363 e. The molecule has 2 N–H and O–H groups in total. The molecule has 1 aromatic heterocycles. The van der Waals surface area contributed by atoms with Crippen LogP contribution in [0, 0.1) is 0 Å². The summed E-state index contributed by atoms with van der Waals surface area (Å²) in [7, 11) is 0. The second-order valence-corrected chi connectivity index (χ2v) is 7.66. The maximum Gasteiger partial charge on any atom is 0.410 e. The SMILES string of the molecule is O=C(Nc1ccc(Cl)c(Cl)c1)c1cc2n(n1)[C@@H](C(F)(F)F)C[C@@H](c1ccccc1)N2. The van der Waals surface area contributed by atoms with Crippen molar-refractivity contribution in [2.24, 2.45) is 0 Å². The Kier molecular flexibility index (Phi) is 5.38. The van der Waals surface area contributed by atoms with E-state index in [1.807, 2.05) is 0 Å². The molecule has 5 nitrogen and oxygen atoms in total. The van der Waals surface area contributed by atoms with Gasteiger partial charge in [0, 0.05) is 18.2 Å². The van der Waals surface area contributed by atoms with E-state index in [-0.39, 0.29) is 23.0 Å². The van der Waals surface area contributed by atoms with Crippen LogP contribution in [0.5, 0.6) is 0 Å². The van der Waals surface area contributed by atoms with E-state index in [9.17, 15) is 18.0 Å². The second-order valence-electron chi connectivity index (χ2n) is 6.84. The first-order valence-corrected chi connectivity index (χ1v) is 9.72. The average molecular weight is 455 g/mol. The zero-order chi connectivity index (χ0) is 21.5. The van der Waals surface area contributed by atoms with Crippen molar-refractivity contribution in [1.82, 2.24) is 9.78 Å². The van der Waals surface area contributed by atoms with Crippen LogP contribution < -0.4 is 10.6 Å². The van der Waals surface area contributed by atoms with Crippen molar-refractivity contribution in [2.75, 3.05) is 10.6 Å². The van der Waals surface area contributed by atoms with E-state index in [0.717, 1.165) is 10.2 Å². The van der Waals surface area contributed by atoms with Crippen molar-refractivity contribution in [3.63, 3.8) is 0 Å². The highest BCUT2D eigenvalue weighted by atomic mass is 35.5. The monoisotopic (exact) mass is 454 g/mol. The Balaban J connectivity index is 1.63. The zero-order valence-corrected chi connectivity index (χ0v) is 16.8. The summed E-state index contributed by atoms with van der Waals surface area (Å²) in [5.41, 5.74) is 0.926. The van der Waals surface area contributed by atoms with Gasteiger partial charge in [0.05, 0.1) is 16.1 Å². The Morgan fingerprint density at radius 3 is 2.50 bits per heavy atom. The number of rotatable bonds is 3. The Hall–Kier alpha value is -2.71. The molecule has 0 saturated heterocycles. The minimum absolute atomic E-state index is 0.122. The van der Waals surface area contributed by atoms with Crippen molar-refractivity contribution in [3.05, 3.63) is 75.9 Å². The van der Waals surface area contributed by atoms with Gasteiger partial charge in [-0.1, -0.05) is 53.5 Å². The number of halogens is 5. The van der Waals surface area contributed by atoms with E-state index in [1.54, 1.807) is 30.3 Å². The lowest BCUT2D eigenvalue weighted by Crippen LogP contribution is -2.35. The molecule has 2 heterocycles. The van der Waals surface area contributed by atoms with Crippen molar-refractivity contribution in [2.45, 2.75) is 24.7 Å². The third-order valence-corrected chi connectivity index (χ3v) is 5.54. The molecule has 1 amide bonds. The standard InChI is InChI=1S/C20H15Cl2F3N4O/c21-13-7-6-12(8-14(13)22)26-19(30)16-10-18-27-15(11-4-2-1-3-5-11)9-17(20(23,24)25)29(18)28-16/h1-8,10,15,17,27H,9H2,(H,26,30)/t15-,17+/m0/s1. The Morgan fingerprint density at radius 2 is 1.83 bits per heavy atom. The summed E-state index contributed by atoms with van der Waals surface area (Å²) in [4.78, 5) is 12.6. The maximum atomic E-state index is 13.7. The summed E-state index contributed by atoms with van der Waals surface area (Å²) in [6, 6.07) is 12.2. The van der Waals surface area contributed by atoms with Crippen LogP contribution in [0.3, 0.4) is 0 Å². The molecule has 156 valence electrons. The van der Waals surface area contributed by atoms with Crippen LogP contribution in [0.4, 0.5) is 24.7 Å². The molecule has 4 rings (SSSR count). The van der Waals surface area contributed by atoms with Gasteiger partial charge in [-0.3, -0.25) is 4.79 Å². The van der Waals surface area contributed by atoms with Crippen LogP contribution in [0.1, 0.15) is 34.6 Å². The summed E-state index contributed by atoms with van der Waals surface area (Å²) in [5.74, 6) is -0.536. The molecule has 0 fully saturated rings. The molecule has 0 radical (unpaired) electrons. The number of anilines is 2. The average Bonchev–Trinajstić information content (AvgIpc) is 3.14. The minimum atomic E-state index is -4.52. The molecule has 2 aromatic carbocycles. The lowest BCUT2D eigenvalue weighted by atomic mass is 9.97. The first-order chi connectivity index (χ1) is 14.2. The van der Waals surface area contributed by atoms with Crippen LogP contribution in [-0.4, -0.2) is 21.9 Å². The van der Waals surface area contributed by atoms with Gasteiger partial charge in [0.1, 0.15) is 5.82 Å². The van der Waals surface area contributed by atoms with E-state index in [2.05, 4.69) is 15.7 Å². The van der Waals surface area contributed by atoms with E-state index < -0.39 is 24.2 Å². The molecule has 0 aliphatic carbocycles. The van der Waals surface area contributed by atoms with Crippen LogP contribution in [-0.2, 0) is 0 Å². The molecule has 0 saturated carbocycles. The maximum absolute atomic E-state index is 13.7. The summed E-state index contributed by atoms with van der Waals surface area (Å²) in [5, 5.41) is 10.1. The summed E-state index contributed by atoms with van der Waals surface area (Å²) < 4.78 is 42.0. The molecule has 0 unspecified atom stereocenters. The van der Waals surface area contributed by atoms with Gasteiger partial charge in [-0.05, 0) is 23.8 Å². The number of carbonyl (C=O) groups excluding carboxylic acids is 1. The molecule has 3 aromatic rings. The molecule has 1 aliphatic heterocycles. The first-order valence-electron chi connectivity index (χ1n) is 8.96. The highest BCUT2D eigenvalue weighted by Crippen LogP contribution is 2.43. The minimum Gasteiger partial charge on any atom is -0.363 e. The van der Waals surface area contributed by atoms with Gasteiger partial charge in [0.25, 0.3) is 5.91 Å². The van der Waals surface area contributed by atoms with Crippen LogP contribution in [0.25, 0.3) is 0 Å². The quantitative estimate of drug-likeness (QED) is 0.502. The highest BCUT2D eigenvalue weighted by Gasteiger charge is 2.46. The highest BCUT2D eigenvalue weighted by molar-refractivity contribution is 6.42. The van der Waals surface area contributed by atoms with Gasteiger partial charge in [0.15, 0.2) is 11.7 Å². The van der Waals surface area contributed by atoms with Crippen LogP contribution >= 0.6 is 23.2 Å². The number of alkyl halides is 3. The van der Waals surface area contributed by atoms with Gasteiger partial charge >= 0.3 is 6.18 Å². The van der Waals surface area contributed by atoms with Crippen molar-refractivity contribution >= 4 is 40.6 Å². The third kappa shape index (κ3) is 4.11. The molecule has 0 spiro atoms. The van der Waals surface area contributed by atoms with Crippen molar-refractivity contribution < 1.29 is 18.0 Å². The molecule has 2 atom stereocenters. The number of nitrogens with one attached hydrogen (secondary N) is 2. The van der Waals surface area contributed by atoms with Crippen molar-refractivity contribution in [1.29, 1.82) is 0 Å². The number of hydrogen-bond donors (Lipinski definition) is 2.